The Morgan fingerprint density at radius 1 is 1.33 bits per heavy atom. The summed E-state index contributed by atoms with van der Waals surface area (Å²) < 4.78 is 1.13. The number of halogens is 1. The second-order valence-corrected chi connectivity index (χ2v) is 4.22. The maximum atomic E-state index is 10.6. The van der Waals surface area contributed by atoms with Crippen LogP contribution < -0.4 is 0 Å². The lowest BCUT2D eigenvalue weighted by molar-refractivity contribution is 0.0690. The van der Waals surface area contributed by atoms with Crippen LogP contribution in [0.3, 0.4) is 0 Å². The predicted molar refractivity (Wildman–Crippen MR) is 63.7 cm³/mol. The summed E-state index contributed by atoms with van der Waals surface area (Å²) in [4.78, 5) is 10.6. The summed E-state index contributed by atoms with van der Waals surface area (Å²) in [7, 11) is 0. The maximum Gasteiger partial charge on any atom is 0.356 e. The van der Waals surface area contributed by atoms with E-state index in [2.05, 4.69) is 32.8 Å². The zero-order valence-electron chi connectivity index (χ0n) is 7.57. The fraction of sp³-hybridized carbons (Fsp3) is 0. The van der Waals surface area contributed by atoms with Crippen molar-refractivity contribution in [2.45, 2.75) is 0 Å². The average molecular weight is 314 g/mol. The van der Waals surface area contributed by atoms with Crippen molar-refractivity contribution in [1.82, 2.24) is 10.2 Å². The second kappa shape index (κ2) is 4.01. The Hall–Kier alpha value is -1.37. The zero-order valence-corrected chi connectivity index (χ0v) is 9.72. The first-order valence-corrected chi connectivity index (χ1v) is 5.29. The van der Waals surface area contributed by atoms with Gasteiger partial charge in [-0.15, -0.1) is 0 Å². The van der Waals surface area contributed by atoms with Crippen molar-refractivity contribution in [2.24, 2.45) is 0 Å². The highest BCUT2D eigenvalue weighted by atomic mass is 127. The van der Waals surface area contributed by atoms with Gasteiger partial charge in [0.25, 0.3) is 0 Å². The third-order valence-corrected chi connectivity index (χ3v) is 2.67. The first-order valence-electron chi connectivity index (χ1n) is 4.21. The number of aromatic carboxylic acids is 1. The number of nitrogens with one attached hydrogen (secondary N) is 1. The van der Waals surface area contributed by atoms with Crippen LogP contribution in [0.25, 0.3) is 11.3 Å². The van der Waals surface area contributed by atoms with Crippen LogP contribution in [0.4, 0.5) is 0 Å². The van der Waals surface area contributed by atoms with Gasteiger partial charge in [-0.05, 0) is 46.4 Å². The molecule has 2 aromatic rings. The van der Waals surface area contributed by atoms with Gasteiger partial charge in [-0.25, -0.2) is 4.79 Å². The third-order valence-electron chi connectivity index (χ3n) is 1.95. The molecule has 5 heteroatoms. The first-order chi connectivity index (χ1) is 7.16. The van der Waals surface area contributed by atoms with Gasteiger partial charge in [0, 0.05) is 3.57 Å². The molecular weight excluding hydrogens is 307 g/mol. The van der Waals surface area contributed by atoms with E-state index >= 15 is 0 Å². The number of carboxylic acid groups (broad SMARTS) is 1. The van der Waals surface area contributed by atoms with Gasteiger partial charge in [0.1, 0.15) is 0 Å². The molecule has 1 aromatic heterocycles. The number of aromatic nitrogens is 2. The Balaban J connectivity index is 2.37. The molecule has 1 aromatic carbocycles. The van der Waals surface area contributed by atoms with E-state index in [1.807, 2.05) is 24.3 Å². The standard InChI is InChI=1S/C10H7IN2O2/c11-7-3-1-6(2-4-7)8-5-9(10(14)15)13-12-8/h1-5H,(H,12,13)(H,14,15). The van der Waals surface area contributed by atoms with E-state index in [4.69, 9.17) is 5.11 Å². The maximum absolute atomic E-state index is 10.6. The van der Waals surface area contributed by atoms with E-state index < -0.39 is 5.97 Å². The first kappa shape index (κ1) is 10.2. The fourth-order valence-corrected chi connectivity index (χ4v) is 1.57. The Morgan fingerprint density at radius 3 is 2.53 bits per heavy atom. The lowest BCUT2D eigenvalue weighted by Gasteiger charge is -1.95. The van der Waals surface area contributed by atoms with Crippen molar-refractivity contribution < 1.29 is 9.90 Å². The molecule has 0 saturated carbocycles. The van der Waals surface area contributed by atoms with E-state index in [0.717, 1.165) is 9.13 Å². The van der Waals surface area contributed by atoms with Crippen molar-refractivity contribution in [3.8, 4) is 11.3 Å². The van der Waals surface area contributed by atoms with E-state index in [9.17, 15) is 4.79 Å². The second-order valence-electron chi connectivity index (χ2n) is 2.98. The SMILES string of the molecule is O=C(O)c1cc(-c2ccc(I)cc2)[nH]n1. The smallest absolute Gasteiger partial charge is 0.356 e. The molecule has 0 unspecified atom stereocenters. The summed E-state index contributed by atoms with van der Waals surface area (Å²) in [6.45, 7) is 0. The third kappa shape index (κ3) is 2.17. The van der Waals surface area contributed by atoms with E-state index in [1.54, 1.807) is 0 Å². The number of aromatic amines is 1. The number of hydrogen-bond acceptors (Lipinski definition) is 2. The quantitative estimate of drug-likeness (QED) is 0.837. The summed E-state index contributed by atoms with van der Waals surface area (Å²) in [5.41, 5.74) is 1.67. The Morgan fingerprint density at radius 2 is 2.00 bits per heavy atom. The minimum atomic E-state index is -1.02. The van der Waals surface area contributed by atoms with Crippen LogP contribution in [0.15, 0.2) is 30.3 Å². The number of nitrogens with zero attached hydrogens (tertiary/aromatic N) is 1. The Kier molecular flexibility index (Phi) is 2.72. The van der Waals surface area contributed by atoms with Gasteiger partial charge in [-0.1, -0.05) is 12.1 Å². The molecule has 1 heterocycles. The number of rotatable bonds is 2. The number of H-pyrrole nitrogens is 1. The van der Waals surface area contributed by atoms with Crippen molar-refractivity contribution in [3.63, 3.8) is 0 Å². The van der Waals surface area contributed by atoms with Gasteiger partial charge in [0.15, 0.2) is 5.69 Å². The summed E-state index contributed by atoms with van der Waals surface area (Å²) in [6, 6.07) is 9.26. The molecule has 0 radical (unpaired) electrons. The zero-order chi connectivity index (χ0) is 10.8. The Labute approximate surface area is 99.5 Å². The molecule has 2 rings (SSSR count). The van der Waals surface area contributed by atoms with Crippen LogP contribution in [0, 0.1) is 3.57 Å². The van der Waals surface area contributed by atoms with Gasteiger partial charge in [-0.2, -0.15) is 5.10 Å². The van der Waals surface area contributed by atoms with Gasteiger partial charge < -0.3 is 5.11 Å². The highest BCUT2D eigenvalue weighted by molar-refractivity contribution is 14.1. The summed E-state index contributed by atoms with van der Waals surface area (Å²) in [5.74, 6) is -1.02. The van der Waals surface area contributed by atoms with Gasteiger partial charge >= 0.3 is 5.97 Å². The molecule has 15 heavy (non-hydrogen) atoms. The van der Waals surface area contributed by atoms with Crippen LogP contribution in [0.2, 0.25) is 0 Å². The van der Waals surface area contributed by atoms with Crippen molar-refractivity contribution in [3.05, 3.63) is 39.6 Å². The molecule has 76 valence electrons. The normalized spacial score (nSPS) is 10.2. The van der Waals surface area contributed by atoms with Crippen LogP contribution in [0.5, 0.6) is 0 Å². The topological polar surface area (TPSA) is 66.0 Å². The molecule has 0 aliphatic rings. The van der Waals surface area contributed by atoms with Crippen LogP contribution >= 0.6 is 22.6 Å². The molecule has 0 spiro atoms. The fourth-order valence-electron chi connectivity index (χ4n) is 1.21. The number of hydrogen-bond donors (Lipinski definition) is 2. The highest BCUT2D eigenvalue weighted by Crippen LogP contribution is 2.18. The average Bonchev–Trinajstić information content (AvgIpc) is 2.68. The molecular formula is C10H7IN2O2. The minimum Gasteiger partial charge on any atom is -0.476 e. The highest BCUT2D eigenvalue weighted by Gasteiger charge is 2.08. The minimum absolute atomic E-state index is 0.0311. The summed E-state index contributed by atoms with van der Waals surface area (Å²) in [5, 5.41) is 15.1. The molecule has 0 aliphatic carbocycles. The van der Waals surface area contributed by atoms with Crippen LogP contribution in [-0.4, -0.2) is 21.3 Å². The Bertz CT molecular complexity index is 490. The molecule has 2 N–H and O–H groups in total. The van der Waals surface area contributed by atoms with Crippen molar-refractivity contribution in [1.29, 1.82) is 0 Å². The van der Waals surface area contributed by atoms with Crippen molar-refractivity contribution >= 4 is 28.6 Å². The van der Waals surface area contributed by atoms with E-state index in [-0.39, 0.29) is 5.69 Å². The van der Waals surface area contributed by atoms with E-state index in [1.165, 1.54) is 6.07 Å². The molecule has 0 amide bonds. The summed E-state index contributed by atoms with van der Waals surface area (Å²) >= 11 is 2.21. The molecule has 0 bridgehead atoms. The molecule has 0 atom stereocenters. The number of carbonyl (C=O) groups is 1. The number of benzene rings is 1. The van der Waals surface area contributed by atoms with Crippen LogP contribution in [0.1, 0.15) is 10.5 Å². The van der Waals surface area contributed by atoms with Crippen LogP contribution in [-0.2, 0) is 0 Å². The molecule has 0 saturated heterocycles. The largest absolute Gasteiger partial charge is 0.476 e. The lowest BCUT2D eigenvalue weighted by Crippen LogP contribution is -1.95. The van der Waals surface area contributed by atoms with E-state index in [0.29, 0.717) is 5.69 Å². The van der Waals surface area contributed by atoms with Gasteiger partial charge in [-0.3, -0.25) is 5.10 Å². The van der Waals surface area contributed by atoms with Crippen molar-refractivity contribution in [2.75, 3.05) is 0 Å². The van der Waals surface area contributed by atoms with Gasteiger partial charge in [0.05, 0.1) is 5.69 Å². The summed E-state index contributed by atoms with van der Waals surface area (Å²) in [6.07, 6.45) is 0. The lowest BCUT2D eigenvalue weighted by atomic mass is 10.1. The predicted octanol–water partition coefficient (Wildman–Crippen LogP) is 2.38. The number of carboxylic acids is 1. The molecule has 0 aliphatic heterocycles. The molecule has 4 nitrogen and oxygen atoms in total. The van der Waals surface area contributed by atoms with Gasteiger partial charge in [0.2, 0.25) is 0 Å². The molecule has 0 fully saturated rings. The monoisotopic (exact) mass is 314 g/mol.